The Bertz CT molecular complexity index is 1440. The van der Waals surface area contributed by atoms with Crippen molar-refractivity contribution in [1.82, 2.24) is 14.7 Å². The Morgan fingerprint density at radius 3 is 2.45 bits per heavy atom. The van der Waals surface area contributed by atoms with Crippen molar-refractivity contribution in [1.29, 1.82) is 0 Å². The van der Waals surface area contributed by atoms with Crippen molar-refractivity contribution in [3.8, 4) is 5.75 Å². The van der Waals surface area contributed by atoms with Gasteiger partial charge in [-0.05, 0) is 93.1 Å². The molecular weight excluding hydrogens is 633 g/mol. The topological polar surface area (TPSA) is 47.4 Å². The number of halogens is 2. The summed E-state index contributed by atoms with van der Waals surface area (Å²) in [5.41, 5.74) is 3.43. The zero-order valence-corrected chi connectivity index (χ0v) is 25.8. The molecule has 0 amide bonds. The molecule has 1 aromatic heterocycles. The summed E-state index contributed by atoms with van der Waals surface area (Å²) in [6.07, 6.45) is 7.39. The van der Waals surface area contributed by atoms with E-state index in [1.807, 2.05) is 48.5 Å². The molecule has 5 rings (SSSR count). The van der Waals surface area contributed by atoms with E-state index in [2.05, 4.69) is 51.8 Å². The van der Waals surface area contributed by atoms with Gasteiger partial charge in [0.1, 0.15) is 5.75 Å². The standard InChI is InChI=1S/C33H37ClIN3O2/c34-27-15-11-26(12-16-27)23-32-30-9-1-2-10-31(30)33(39)38(36-32)24-28-8-5-21-37(28)20-4-3-7-25-13-17-29(18-14-25)40-22-6-19-35/h1-2,9-18,28H,3-8,19-24H2/t28-/m1/s1. The summed E-state index contributed by atoms with van der Waals surface area (Å²) in [5.74, 6) is 0.961. The number of likely N-dealkylation sites (tertiary alicyclic amines) is 1. The number of rotatable bonds is 13. The molecule has 1 atom stereocenters. The molecule has 0 aliphatic carbocycles. The van der Waals surface area contributed by atoms with Crippen molar-refractivity contribution < 1.29 is 4.74 Å². The highest BCUT2D eigenvalue weighted by Crippen LogP contribution is 2.22. The average Bonchev–Trinajstić information content (AvgIpc) is 3.42. The predicted octanol–water partition coefficient (Wildman–Crippen LogP) is 7.33. The Morgan fingerprint density at radius 1 is 0.925 bits per heavy atom. The third-order valence-electron chi connectivity index (χ3n) is 7.74. The number of hydrogen-bond donors (Lipinski definition) is 0. The van der Waals surface area contributed by atoms with Crippen LogP contribution in [0.4, 0.5) is 0 Å². The zero-order valence-electron chi connectivity index (χ0n) is 22.9. The maximum absolute atomic E-state index is 13.4. The van der Waals surface area contributed by atoms with Crippen LogP contribution in [0.15, 0.2) is 77.6 Å². The minimum absolute atomic E-state index is 0.00373. The molecule has 40 heavy (non-hydrogen) atoms. The molecule has 4 aromatic rings. The van der Waals surface area contributed by atoms with Gasteiger partial charge in [-0.2, -0.15) is 5.10 Å². The van der Waals surface area contributed by atoms with Gasteiger partial charge in [-0.15, -0.1) is 0 Å². The van der Waals surface area contributed by atoms with Gasteiger partial charge in [0.15, 0.2) is 0 Å². The van der Waals surface area contributed by atoms with Gasteiger partial charge in [-0.25, -0.2) is 4.68 Å². The maximum atomic E-state index is 13.4. The maximum Gasteiger partial charge on any atom is 0.274 e. The molecule has 1 aliphatic rings. The van der Waals surface area contributed by atoms with Crippen LogP contribution in [0.25, 0.3) is 10.8 Å². The van der Waals surface area contributed by atoms with Crippen LogP contribution in [0, 0.1) is 0 Å². The van der Waals surface area contributed by atoms with Crippen LogP contribution >= 0.6 is 34.2 Å². The zero-order chi connectivity index (χ0) is 27.7. The second-order valence-corrected chi connectivity index (χ2v) is 12.1. The quantitative estimate of drug-likeness (QED) is 0.0850. The van der Waals surface area contributed by atoms with Gasteiger partial charge in [-0.1, -0.05) is 76.7 Å². The number of ether oxygens (including phenoxy) is 1. The second kappa shape index (κ2) is 14.5. The lowest BCUT2D eigenvalue weighted by molar-refractivity contribution is 0.221. The van der Waals surface area contributed by atoms with E-state index >= 15 is 0 Å². The van der Waals surface area contributed by atoms with E-state index in [1.165, 1.54) is 12.0 Å². The first kappa shape index (κ1) is 29.1. The van der Waals surface area contributed by atoms with Crippen molar-refractivity contribution in [3.05, 3.63) is 105 Å². The number of nitrogens with zero attached hydrogens (tertiary/aromatic N) is 3. The smallest absolute Gasteiger partial charge is 0.274 e. The highest BCUT2D eigenvalue weighted by molar-refractivity contribution is 14.1. The molecule has 0 N–H and O–H groups in total. The molecule has 0 unspecified atom stereocenters. The SMILES string of the molecule is O=c1c2ccccc2c(Cc2ccc(Cl)cc2)nn1C[C@H]1CCCN1CCCCc1ccc(OCCCI)cc1. The van der Waals surface area contributed by atoms with Gasteiger partial charge in [0.2, 0.25) is 0 Å². The van der Waals surface area contributed by atoms with E-state index in [-0.39, 0.29) is 5.56 Å². The minimum Gasteiger partial charge on any atom is -0.494 e. The monoisotopic (exact) mass is 669 g/mol. The first-order valence-electron chi connectivity index (χ1n) is 14.4. The van der Waals surface area contributed by atoms with Crippen LogP contribution in [0.5, 0.6) is 5.75 Å². The molecule has 0 bridgehead atoms. The lowest BCUT2D eigenvalue weighted by Gasteiger charge is -2.25. The molecular formula is C33H37ClIN3O2. The molecule has 210 valence electrons. The Hall–Kier alpha value is -2.42. The summed E-state index contributed by atoms with van der Waals surface area (Å²) in [7, 11) is 0. The van der Waals surface area contributed by atoms with Crippen molar-refractivity contribution in [3.63, 3.8) is 0 Å². The summed E-state index contributed by atoms with van der Waals surface area (Å²) in [6.45, 7) is 3.57. The third kappa shape index (κ3) is 7.65. The second-order valence-electron chi connectivity index (χ2n) is 10.6. The summed E-state index contributed by atoms with van der Waals surface area (Å²) in [6, 6.07) is 24.6. The van der Waals surface area contributed by atoms with Crippen molar-refractivity contribution in [2.75, 3.05) is 24.1 Å². The molecule has 1 aliphatic heterocycles. The number of unbranched alkanes of at least 4 members (excludes halogenated alkanes) is 1. The third-order valence-corrected chi connectivity index (χ3v) is 8.76. The van der Waals surface area contributed by atoms with Gasteiger partial charge >= 0.3 is 0 Å². The van der Waals surface area contributed by atoms with Gasteiger partial charge in [-0.3, -0.25) is 9.69 Å². The highest BCUT2D eigenvalue weighted by atomic mass is 127. The highest BCUT2D eigenvalue weighted by Gasteiger charge is 2.25. The fraction of sp³-hybridized carbons (Fsp3) is 0.394. The van der Waals surface area contributed by atoms with Crippen LogP contribution < -0.4 is 10.3 Å². The van der Waals surface area contributed by atoms with E-state index in [1.54, 1.807) is 4.68 Å². The number of aryl methyl sites for hydroxylation is 1. The van der Waals surface area contributed by atoms with Crippen molar-refractivity contribution >= 4 is 45.0 Å². The minimum atomic E-state index is 0.00373. The first-order valence-corrected chi connectivity index (χ1v) is 16.3. The molecule has 1 saturated heterocycles. The molecule has 0 spiro atoms. The summed E-state index contributed by atoms with van der Waals surface area (Å²) in [4.78, 5) is 16.0. The number of hydrogen-bond acceptors (Lipinski definition) is 4. The first-order chi connectivity index (χ1) is 19.6. The molecule has 2 heterocycles. The molecule has 1 fully saturated rings. The van der Waals surface area contributed by atoms with Crippen molar-refractivity contribution in [2.45, 2.75) is 57.5 Å². The molecule has 0 radical (unpaired) electrons. The fourth-order valence-corrected chi connectivity index (χ4v) is 6.03. The van der Waals surface area contributed by atoms with E-state index in [0.717, 1.165) is 89.0 Å². The molecule has 5 nitrogen and oxygen atoms in total. The van der Waals surface area contributed by atoms with Gasteiger partial charge < -0.3 is 4.74 Å². The number of fused-ring (bicyclic) bond motifs is 1. The molecule has 7 heteroatoms. The normalized spacial score (nSPS) is 15.6. The Kier molecular flexibility index (Phi) is 10.5. The van der Waals surface area contributed by atoms with Gasteiger partial charge in [0, 0.05) is 27.3 Å². The fourth-order valence-electron chi connectivity index (χ4n) is 5.59. The summed E-state index contributed by atoms with van der Waals surface area (Å²) < 4.78 is 8.62. The van der Waals surface area contributed by atoms with Crippen LogP contribution in [-0.4, -0.2) is 44.8 Å². The molecule has 3 aromatic carbocycles. The van der Waals surface area contributed by atoms with E-state index in [0.29, 0.717) is 19.0 Å². The lowest BCUT2D eigenvalue weighted by atomic mass is 10.0. The number of alkyl halides is 1. The van der Waals surface area contributed by atoms with E-state index in [4.69, 9.17) is 21.4 Å². The van der Waals surface area contributed by atoms with Crippen LogP contribution in [0.1, 0.15) is 48.9 Å². The van der Waals surface area contributed by atoms with Crippen LogP contribution in [-0.2, 0) is 19.4 Å². The predicted molar refractivity (Wildman–Crippen MR) is 173 cm³/mol. The van der Waals surface area contributed by atoms with Gasteiger partial charge in [0.25, 0.3) is 5.56 Å². The number of benzene rings is 3. The largest absolute Gasteiger partial charge is 0.494 e. The van der Waals surface area contributed by atoms with E-state index < -0.39 is 0 Å². The Balaban J connectivity index is 1.20. The van der Waals surface area contributed by atoms with Crippen LogP contribution in [0.3, 0.4) is 0 Å². The number of aromatic nitrogens is 2. The average molecular weight is 670 g/mol. The lowest BCUT2D eigenvalue weighted by Crippen LogP contribution is -2.38. The van der Waals surface area contributed by atoms with Gasteiger partial charge in [0.05, 0.1) is 24.2 Å². The molecule has 0 saturated carbocycles. The summed E-state index contributed by atoms with van der Waals surface area (Å²) >= 11 is 8.47. The van der Waals surface area contributed by atoms with Crippen LogP contribution in [0.2, 0.25) is 5.02 Å². The Labute approximate surface area is 255 Å². The van der Waals surface area contributed by atoms with Crippen molar-refractivity contribution in [2.24, 2.45) is 0 Å². The summed E-state index contributed by atoms with van der Waals surface area (Å²) in [5, 5.41) is 7.31. The van der Waals surface area contributed by atoms with E-state index in [9.17, 15) is 4.79 Å². The Morgan fingerprint density at radius 2 is 1.68 bits per heavy atom.